The number of rotatable bonds is 7. The van der Waals surface area contributed by atoms with E-state index < -0.39 is 23.8 Å². The molecule has 0 aliphatic carbocycles. The van der Waals surface area contributed by atoms with E-state index in [-0.39, 0.29) is 19.5 Å². The van der Waals surface area contributed by atoms with E-state index in [4.69, 9.17) is 10.2 Å². The molecule has 0 bridgehead atoms. The molecule has 1 unspecified atom stereocenters. The molecule has 0 saturated carbocycles. The molecule has 0 aromatic carbocycles. The second kappa shape index (κ2) is 5.21. The first-order chi connectivity index (χ1) is 6.42. The van der Waals surface area contributed by atoms with E-state index in [1.807, 2.05) is 0 Å². The van der Waals surface area contributed by atoms with Gasteiger partial charge < -0.3 is 14.9 Å². The Morgan fingerprint density at radius 2 is 2.00 bits per heavy atom. The Morgan fingerprint density at radius 3 is 2.36 bits per heavy atom. The third-order valence-corrected chi connectivity index (χ3v) is 1.90. The van der Waals surface area contributed by atoms with Crippen LogP contribution in [0.5, 0.6) is 0 Å². The van der Waals surface area contributed by atoms with Crippen LogP contribution in [0, 0.1) is 5.41 Å². The minimum absolute atomic E-state index is 0.0205. The van der Waals surface area contributed by atoms with Gasteiger partial charge in [-0.25, -0.2) is 0 Å². The first-order valence-electron chi connectivity index (χ1n) is 3.93. The van der Waals surface area contributed by atoms with Crippen LogP contribution in [0.4, 0.5) is 0 Å². The number of aliphatic carboxylic acids is 2. The van der Waals surface area contributed by atoms with Gasteiger partial charge in [-0.05, 0) is 13.3 Å². The van der Waals surface area contributed by atoms with Crippen molar-refractivity contribution in [1.29, 1.82) is 0 Å². The third-order valence-electron chi connectivity index (χ3n) is 1.90. The van der Waals surface area contributed by atoms with Gasteiger partial charge in [0.15, 0.2) is 0 Å². The highest BCUT2D eigenvalue weighted by Gasteiger charge is 2.35. The predicted octanol–water partition coefficient (Wildman–Crippen LogP) is 0.115. The molecule has 0 amide bonds. The molecule has 0 saturated heterocycles. The Bertz CT molecular complexity index is 236. The van der Waals surface area contributed by atoms with Crippen LogP contribution in [0.15, 0.2) is 0 Å². The molecule has 0 aliphatic heterocycles. The van der Waals surface area contributed by atoms with Crippen LogP contribution >= 0.6 is 0 Å². The largest absolute Gasteiger partial charge is 0.481 e. The molecule has 6 heteroatoms. The van der Waals surface area contributed by atoms with Crippen molar-refractivity contribution < 1.29 is 29.3 Å². The summed E-state index contributed by atoms with van der Waals surface area (Å²) in [5.74, 6) is -2.41. The summed E-state index contributed by atoms with van der Waals surface area (Å²) in [6.07, 6.45) is -0.516. The van der Waals surface area contributed by atoms with E-state index in [2.05, 4.69) is 4.74 Å². The summed E-state index contributed by atoms with van der Waals surface area (Å²) < 4.78 is 4.32. The predicted molar refractivity (Wildman–Crippen MR) is 44.6 cm³/mol. The van der Waals surface area contributed by atoms with E-state index in [1.54, 1.807) is 0 Å². The number of carbonyl (C=O) groups excluding carboxylic acids is 1. The van der Waals surface area contributed by atoms with E-state index in [0.29, 0.717) is 0 Å². The first kappa shape index (κ1) is 12.4. The molecule has 0 fully saturated rings. The topological polar surface area (TPSA) is 101 Å². The molecule has 80 valence electrons. The van der Waals surface area contributed by atoms with Gasteiger partial charge in [0.1, 0.15) is 0 Å². The molecule has 1 atom stereocenters. The van der Waals surface area contributed by atoms with E-state index in [1.165, 1.54) is 6.92 Å². The van der Waals surface area contributed by atoms with Crippen LogP contribution in [0.2, 0.25) is 0 Å². The van der Waals surface area contributed by atoms with E-state index in [9.17, 15) is 14.4 Å². The van der Waals surface area contributed by atoms with Gasteiger partial charge in [0.2, 0.25) is 0 Å². The minimum Gasteiger partial charge on any atom is -0.481 e. The summed E-state index contributed by atoms with van der Waals surface area (Å²) in [6.45, 7) is 1.40. The van der Waals surface area contributed by atoms with Crippen LogP contribution in [0.25, 0.3) is 0 Å². The first-order valence-corrected chi connectivity index (χ1v) is 3.93. The Morgan fingerprint density at radius 1 is 1.43 bits per heavy atom. The van der Waals surface area contributed by atoms with Gasteiger partial charge in [-0.3, -0.25) is 14.4 Å². The SMILES string of the molecule is CC(CCOC=O)(CC(=O)O)C(=O)O. The van der Waals surface area contributed by atoms with Crippen molar-refractivity contribution in [3.63, 3.8) is 0 Å². The van der Waals surface area contributed by atoms with Crippen LogP contribution in [0.3, 0.4) is 0 Å². The van der Waals surface area contributed by atoms with Gasteiger partial charge >= 0.3 is 11.9 Å². The Balaban J connectivity index is 4.31. The van der Waals surface area contributed by atoms with Gasteiger partial charge in [0, 0.05) is 0 Å². The second-order valence-electron chi connectivity index (χ2n) is 3.15. The quantitative estimate of drug-likeness (QED) is 0.451. The lowest BCUT2D eigenvalue weighted by Gasteiger charge is -2.21. The fourth-order valence-corrected chi connectivity index (χ4v) is 0.937. The minimum atomic E-state index is -1.39. The molecule has 14 heavy (non-hydrogen) atoms. The fraction of sp³-hybridized carbons (Fsp3) is 0.625. The van der Waals surface area contributed by atoms with Gasteiger partial charge in [-0.15, -0.1) is 0 Å². The average Bonchev–Trinajstić information content (AvgIpc) is 2.03. The number of hydrogen-bond donors (Lipinski definition) is 2. The van der Waals surface area contributed by atoms with Crippen LogP contribution < -0.4 is 0 Å². The normalized spacial score (nSPS) is 14.1. The Hall–Kier alpha value is -1.59. The number of hydrogen-bond acceptors (Lipinski definition) is 4. The average molecular weight is 204 g/mol. The lowest BCUT2D eigenvalue weighted by atomic mass is 9.84. The third kappa shape index (κ3) is 3.88. The van der Waals surface area contributed by atoms with Crippen molar-refractivity contribution in [3.05, 3.63) is 0 Å². The monoisotopic (exact) mass is 204 g/mol. The molecule has 0 rings (SSSR count). The molecule has 0 aliphatic rings. The lowest BCUT2D eigenvalue weighted by Crippen LogP contribution is -2.31. The zero-order valence-electron chi connectivity index (χ0n) is 7.73. The van der Waals surface area contributed by atoms with Gasteiger partial charge in [0.25, 0.3) is 6.47 Å². The molecule has 0 spiro atoms. The lowest BCUT2D eigenvalue weighted by molar-refractivity contribution is -0.156. The molecule has 0 aromatic rings. The highest BCUT2D eigenvalue weighted by atomic mass is 16.5. The van der Waals surface area contributed by atoms with E-state index >= 15 is 0 Å². The van der Waals surface area contributed by atoms with Crippen molar-refractivity contribution in [3.8, 4) is 0 Å². The summed E-state index contributed by atoms with van der Waals surface area (Å²) in [7, 11) is 0. The smallest absolute Gasteiger partial charge is 0.310 e. The van der Waals surface area contributed by atoms with Crippen molar-refractivity contribution in [2.24, 2.45) is 5.41 Å². The summed E-state index contributed by atoms with van der Waals surface area (Å²) in [4.78, 5) is 30.9. The molecule has 0 aromatic heterocycles. The van der Waals surface area contributed by atoms with Crippen LogP contribution in [-0.4, -0.2) is 35.2 Å². The summed E-state index contributed by atoms with van der Waals surface area (Å²) >= 11 is 0. The molecular formula is C8H12O6. The fourth-order valence-electron chi connectivity index (χ4n) is 0.937. The highest BCUT2D eigenvalue weighted by Crippen LogP contribution is 2.26. The maximum absolute atomic E-state index is 10.7. The van der Waals surface area contributed by atoms with Crippen LogP contribution in [-0.2, 0) is 19.1 Å². The summed E-state index contributed by atoms with van der Waals surface area (Å²) in [6, 6.07) is 0. The zero-order valence-corrected chi connectivity index (χ0v) is 7.73. The molecule has 2 N–H and O–H groups in total. The summed E-state index contributed by atoms with van der Waals surface area (Å²) in [5, 5.41) is 17.3. The van der Waals surface area contributed by atoms with Crippen molar-refractivity contribution in [2.75, 3.05) is 6.61 Å². The Kier molecular flexibility index (Phi) is 4.62. The number of ether oxygens (including phenoxy) is 1. The number of carboxylic acid groups (broad SMARTS) is 2. The van der Waals surface area contributed by atoms with Gasteiger partial charge in [0.05, 0.1) is 18.4 Å². The van der Waals surface area contributed by atoms with Crippen molar-refractivity contribution in [2.45, 2.75) is 19.8 Å². The van der Waals surface area contributed by atoms with Crippen molar-refractivity contribution in [1.82, 2.24) is 0 Å². The van der Waals surface area contributed by atoms with Gasteiger partial charge in [-0.2, -0.15) is 0 Å². The molecule has 0 radical (unpaired) electrons. The Labute approximate surface area is 80.5 Å². The molecular weight excluding hydrogens is 192 g/mol. The number of carbonyl (C=O) groups is 3. The van der Waals surface area contributed by atoms with Crippen LogP contribution in [0.1, 0.15) is 19.8 Å². The maximum atomic E-state index is 10.7. The van der Waals surface area contributed by atoms with Crippen molar-refractivity contribution >= 4 is 18.4 Å². The zero-order chi connectivity index (χ0) is 11.2. The second-order valence-corrected chi connectivity index (χ2v) is 3.15. The molecule has 0 heterocycles. The highest BCUT2D eigenvalue weighted by molar-refractivity contribution is 5.81. The molecule has 6 nitrogen and oxygen atoms in total. The summed E-state index contributed by atoms with van der Waals surface area (Å²) in [5.41, 5.74) is -1.39. The number of carboxylic acids is 2. The maximum Gasteiger partial charge on any atom is 0.310 e. The standard InChI is InChI=1S/C8H12O6/c1-8(7(12)13,4-6(10)11)2-3-14-5-9/h5H,2-4H2,1H3,(H,10,11)(H,12,13). The van der Waals surface area contributed by atoms with E-state index in [0.717, 1.165) is 0 Å². The van der Waals surface area contributed by atoms with Gasteiger partial charge in [-0.1, -0.05) is 0 Å².